The van der Waals surface area contributed by atoms with Gasteiger partial charge in [0.25, 0.3) is 5.91 Å². The molecular formula is C9H14N4O2. The van der Waals surface area contributed by atoms with Crippen molar-refractivity contribution >= 4 is 11.6 Å². The fourth-order valence-corrected chi connectivity index (χ4v) is 1.55. The zero-order chi connectivity index (χ0) is 10.8. The summed E-state index contributed by atoms with van der Waals surface area (Å²) in [5, 5.41) is 15.2. The van der Waals surface area contributed by atoms with Crippen LogP contribution < -0.4 is 5.73 Å². The van der Waals surface area contributed by atoms with E-state index < -0.39 is 0 Å². The summed E-state index contributed by atoms with van der Waals surface area (Å²) in [7, 11) is 0. The Morgan fingerprint density at radius 1 is 1.73 bits per heavy atom. The number of aliphatic hydroxyl groups excluding tert-OH is 1. The first-order chi connectivity index (χ1) is 7.24. The van der Waals surface area contributed by atoms with Gasteiger partial charge >= 0.3 is 0 Å². The number of nitrogen functional groups attached to an aromatic ring is 1. The lowest BCUT2D eigenvalue weighted by Gasteiger charge is -2.20. The zero-order valence-electron chi connectivity index (χ0n) is 8.31. The number of nitrogens with zero attached hydrogens (tertiary/aromatic N) is 2. The van der Waals surface area contributed by atoms with E-state index in [1.807, 2.05) is 0 Å². The monoisotopic (exact) mass is 210 g/mol. The number of anilines is 1. The summed E-state index contributed by atoms with van der Waals surface area (Å²) in [4.78, 5) is 13.6. The van der Waals surface area contributed by atoms with E-state index in [4.69, 9.17) is 10.8 Å². The molecule has 4 N–H and O–H groups in total. The molecule has 0 saturated heterocycles. The van der Waals surface area contributed by atoms with Crippen molar-refractivity contribution in [3.05, 3.63) is 11.9 Å². The molecule has 0 atom stereocenters. The lowest BCUT2D eigenvalue weighted by Crippen LogP contribution is -2.36. The second kappa shape index (κ2) is 3.90. The molecule has 6 heteroatoms. The molecule has 0 radical (unpaired) electrons. The minimum absolute atomic E-state index is 0.0315. The summed E-state index contributed by atoms with van der Waals surface area (Å²) in [6.07, 6.45) is 3.41. The summed E-state index contributed by atoms with van der Waals surface area (Å²) in [6, 6.07) is 0.257. The van der Waals surface area contributed by atoms with Crippen LogP contribution in [0.4, 0.5) is 5.69 Å². The number of carbonyl (C=O) groups excluding carboxylic acids is 1. The van der Waals surface area contributed by atoms with Gasteiger partial charge in [0.05, 0.1) is 18.5 Å². The van der Waals surface area contributed by atoms with E-state index >= 15 is 0 Å². The van der Waals surface area contributed by atoms with Crippen molar-refractivity contribution in [2.24, 2.45) is 0 Å². The van der Waals surface area contributed by atoms with E-state index in [9.17, 15) is 4.79 Å². The minimum Gasteiger partial charge on any atom is -0.396 e. The number of rotatable bonds is 4. The van der Waals surface area contributed by atoms with Crippen LogP contribution in [0.2, 0.25) is 0 Å². The predicted molar refractivity (Wildman–Crippen MR) is 54.1 cm³/mol. The first-order valence-corrected chi connectivity index (χ1v) is 4.94. The number of H-pyrrole nitrogens is 1. The van der Waals surface area contributed by atoms with Crippen molar-refractivity contribution in [1.82, 2.24) is 15.1 Å². The second-order valence-corrected chi connectivity index (χ2v) is 3.65. The van der Waals surface area contributed by atoms with E-state index in [0.717, 1.165) is 12.8 Å². The fraction of sp³-hybridized carbons (Fsp3) is 0.556. The van der Waals surface area contributed by atoms with Crippen molar-refractivity contribution in [3.8, 4) is 0 Å². The van der Waals surface area contributed by atoms with Gasteiger partial charge in [-0.3, -0.25) is 9.89 Å². The third kappa shape index (κ3) is 1.94. The molecule has 1 amide bonds. The molecule has 0 aliphatic heterocycles. The number of nitrogens with two attached hydrogens (primary N) is 1. The van der Waals surface area contributed by atoms with Crippen molar-refractivity contribution < 1.29 is 9.90 Å². The van der Waals surface area contributed by atoms with Crippen LogP contribution in [0.5, 0.6) is 0 Å². The van der Waals surface area contributed by atoms with Crippen LogP contribution in [-0.4, -0.2) is 45.3 Å². The summed E-state index contributed by atoms with van der Waals surface area (Å²) in [5.74, 6) is -0.179. The van der Waals surface area contributed by atoms with Gasteiger partial charge in [0.1, 0.15) is 5.69 Å². The number of hydrogen-bond donors (Lipinski definition) is 3. The van der Waals surface area contributed by atoms with Gasteiger partial charge in [-0.2, -0.15) is 5.10 Å². The van der Waals surface area contributed by atoms with Crippen LogP contribution >= 0.6 is 0 Å². The SMILES string of the molecule is Nc1cn[nH]c1C(=O)N(CCO)C1CC1. The number of nitrogens with one attached hydrogen (secondary N) is 1. The van der Waals surface area contributed by atoms with Crippen LogP contribution in [-0.2, 0) is 0 Å². The standard InChI is InChI=1S/C9H14N4O2/c10-7-5-11-12-8(7)9(15)13(3-4-14)6-1-2-6/h5-6,14H,1-4,10H2,(H,11,12). The number of carbonyl (C=O) groups is 1. The van der Waals surface area contributed by atoms with Crippen LogP contribution in [0.1, 0.15) is 23.3 Å². The molecule has 0 bridgehead atoms. The molecule has 1 aromatic rings. The van der Waals surface area contributed by atoms with Crippen LogP contribution in [0.15, 0.2) is 6.20 Å². The fourth-order valence-electron chi connectivity index (χ4n) is 1.55. The van der Waals surface area contributed by atoms with E-state index in [2.05, 4.69) is 10.2 Å². The van der Waals surface area contributed by atoms with Gasteiger partial charge in [0.2, 0.25) is 0 Å². The molecule has 1 aliphatic rings. The molecule has 1 heterocycles. The molecule has 82 valence electrons. The average molecular weight is 210 g/mol. The first kappa shape index (κ1) is 9.97. The quantitative estimate of drug-likeness (QED) is 0.629. The van der Waals surface area contributed by atoms with E-state index in [-0.39, 0.29) is 18.6 Å². The molecule has 15 heavy (non-hydrogen) atoms. The van der Waals surface area contributed by atoms with Gasteiger partial charge in [-0.15, -0.1) is 0 Å². The van der Waals surface area contributed by atoms with Crippen molar-refractivity contribution in [2.45, 2.75) is 18.9 Å². The van der Waals surface area contributed by atoms with Crippen LogP contribution in [0.25, 0.3) is 0 Å². The number of amides is 1. The number of aliphatic hydroxyl groups is 1. The van der Waals surface area contributed by atoms with Gasteiger partial charge in [-0.25, -0.2) is 0 Å². The molecule has 0 spiro atoms. The number of aromatic amines is 1. The molecule has 6 nitrogen and oxygen atoms in total. The van der Waals surface area contributed by atoms with Gasteiger partial charge in [0.15, 0.2) is 0 Å². The van der Waals surface area contributed by atoms with Crippen molar-refractivity contribution in [1.29, 1.82) is 0 Å². The first-order valence-electron chi connectivity index (χ1n) is 4.94. The maximum atomic E-state index is 12.0. The second-order valence-electron chi connectivity index (χ2n) is 3.65. The topological polar surface area (TPSA) is 95.2 Å². The highest BCUT2D eigenvalue weighted by molar-refractivity contribution is 5.97. The Labute approximate surface area is 87.1 Å². The lowest BCUT2D eigenvalue weighted by atomic mass is 10.3. The molecule has 0 aromatic carbocycles. The minimum atomic E-state index is -0.179. The van der Waals surface area contributed by atoms with Gasteiger partial charge in [-0.05, 0) is 12.8 Å². The average Bonchev–Trinajstić information content (AvgIpc) is 2.97. The Morgan fingerprint density at radius 3 is 2.93 bits per heavy atom. The summed E-state index contributed by atoms with van der Waals surface area (Å²) in [6.45, 7) is 0.318. The highest BCUT2D eigenvalue weighted by Gasteiger charge is 2.33. The van der Waals surface area contributed by atoms with Gasteiger partial charge in [-0.1, -0.05) is 0 Å². The van der Waals surface area contributed by atoms with Gasteiger partial charge in [0, 0.05) is 12.6 Å². The summed E-state index contributed by atoms with van der Waals surface area (Å²) >= 11 is 0. The maximum Gasteiger partial charge on any atom is 0.274 e. The normalized spacial score (nSPS) is 15.3. The smallest absolute Gasteiger partial charge is 0.274 e. The zero-order valence-corrected chi connectivity index (χ0v) is 8.31. The third-order valence-electron chi connectivity index (χ3n) is 2.47. The summed E-state index contributed by atoms with van der Waals surface area (Å²) in [5.41, 5.74) is 6.26. The molecule has 1 fully saturated rings. The predicted octanol–water partition coefficient (Wildman–Crippen LogP) is -0.411. The Kier molecular flexibility index (Phi) is 2.59. The largest absolute Gasteiger partial charge is 0.396 e. The van der Waals surface area contributed by atoms with Crippen LogP contribution in [0, 0.1) is 0 Å². The van der Waals surface area contributed by atoms with Crippen molar-refractivity contribution in [2.75, 3.05) is 18.9 Å². The number of aromatic nitrogens is 2. The van der Waals surface area contributed by atoms with Gasteiger partial charge < -0.3 is 15.7 Å². The highest BCUT2D eigenvalue weighted by atomic mass is 16.3. The van der Waals surface area contributed by atoms with E-state index in [0.29, 0.717) is 17.9 Å². The molecule has 1 aliphatic carbocycles. The Balaban J connectivity index is 2.14. The highest BCUT2D eigenvalue weighted by Crippen LogP contribution is 2.28. The lowest BCUT2D eigenvalue weighted by molar-refractivity contribution is 0.0702. The molecular weight excluding hydrogens is 196 g/mol. The number of hydrogen-bond acceptors (Lipinski definition) is 4. The van der Waals surface area contributed by atoms with E-state index in [1.54, 1.807) is 4.90 Å². The Bertz CT molecular complexity index is 359. The summed E-state index contributed by atoms with van der Waals surface area (Å²) < 4.78 is 0. The molecule has 1 saturated carbocycles. The molecule has 2 rings (SSSR count). The van der Waals surface area contributed by atoms with E-state index in [1.165, 1.54) is 6.20 Å². The van der Waals surface area contributed by atoms with Crippen molar-refractivity contribution in [3.63, 3.8) is 0 Å². The third-order valence-corrected chi connectivity index (χ3v) is 2.47. The van der Waals surface area contributed by atoms with Crippen LogP contribution in [0.3, 0.4) is 0 Å². The maximum absolute atomic E-state index is 12.0. The molecule has 0 unspecified atom stereocenters. The molecule has 1 aromatic heterocycles. The Hall–Kier alpha value is -1.56. The Morgan fingerprint density at radius 2 is 2.47 bits per heavy atom.